The van der Waals surface area contributed by atoms with Crippen molar-refractivity contribution in [2.75, 3.05) is 19.8 Å². The molecule has 18 heavy (non-hydrogen) atoms. The first-order valence-corrected chi connectivity index (χ1v) is 6.87. The van der Waals surface area contributed by atoms with Crippen LogP contribution in [0.5, 0.6) is 0 Å². The van der Waals surface area contributed by atoms with E-state index in [0.717, 1.165) is 45.5 Å². The van der Waals surface area contributed by atoms with Crippen LogP contribution in [-0.2, 0) is 14.3 Å². The monoisotopic (exact) mass is 256 g/mol. The first kappa shape index (κ1) is 13.8. The fourth-order valence-electron chi connectivity index (χ4n) is 3.32. The molecule has 0 aromatic heterocycles. The second-order valence-corrected chi connectivity index (χ2v) is 6.39. The van der Waals surface area contributed by atoms with Gasteiger partial charge in [-0.05, 0) is 37.0 Å². The van der Waals surface area contributed by atoms with Crippen LogP contribution in [0.15, 0.2) is 0 Å². The summed E-state index contributed by atoms with van der Waals surface area (Å²) in [6.07, 6.45) is 4.10. The zero-order chi connectivity index (χ0) is 13.2. The largest absolute Gasteiger partial charge is 0.481 e. The van der Waals surface area contributed by atoms with Crippen molar-refractivity contribution in [2.24, 2.45) is 11.3 Å². The maximum Gasteiger partial charge on any atom is 0.303 e. The highest BCUT2D eigenvalue weighted by atomic mass is 16.5. The minimum absolute atomic E-state index is 0.0447. The van der Waals surface area contributed by atoms with Gasteiger partial charge < -0.3 is 14.6 Å². The Morgan fingerprint density at radius 3 is 2.61 bits per heavy atom. The molecule has 0 bridgehead atoms. The van der Waals surface area contributed by atoms with Crippen LogP contribution in [0.2, 0.25) is 0 Å². The summed E-state index contributed by atoms with van der Waals surface area (Å²) < 4.78 is 11.4. The number of carbonyl (C=O) groups is 1. The van der Waals surface area contributed by atoms with E-state index in [0.29, 0.717) is 5.92 Å². The molecule has 104 valence electrons. The molecule has 2 rings (SSSR count). The Bertz CT molecular complexity index is 299. The van der Waals surface area contributed by atoms with Crippen LogP contribution in [-0.4, -0.2) is 36.5 Å². The molecule has 4 heteroatoms. The van der Waals surface area contributed by atoms with Crippen LogP contribution < -0.4 is 0 Å². The highest BCUT2D eigenvalue weighted by Gasteiger charge is 2.44. The molecule has 0 radical (unpaired) electrons. The molecule has 0 aromatic carbocycles. The van der Waals surface area contributed by atoms with Crippen LogP contribution >= 0.6 is 0 Å². The van der Waals surface area contributed by atoms with Gasteiger partial charge in [0.25, 0.3) is 0 Å². The van der Waals surface area contributed by atoms with Gasteiger partial charge in [0, 0.05) is 19.8 Å². The molecule has 2 aliphatic rings. The highest BCUT2D eigenvalue weighted by Crippen LogP contribution is 2.45. The predicted molar refractivity (Wildman–Crippen MR) is 67.5 cm³/mol. The van der Waals surface area contributed by atoms with Gasteiger partial charge in [-0.2, -0.15) is 0 Å². The van der Waals surface area contributed by atoms with E-state index in [2.05, 4.69) is 13.8 Å². The summed E-state index contributed by atoms with van der Waals surface area (Å²) in [5.41, 5.74) is -0.197. The summed E-state index contributed by atoms with van der Waals surface area (Å²) in [5, 5.41) is 9.03. The maximum absolute atomic E-state index is 11.0. The maximum atomic E-state index is 11.0. The fraction of sp³-hybridized carbons (Fsp3) is 0.929. The summed E-state index contributed by atoms with van der Waals surface area (Å²) >= 11 is 0. The lowest BCUT2D eigenvalue weighted by atomic mass is 9.67. The minimum Gasteiger partial charge on any atom is -0.481 e. The van der Waals surface area contributed by atoms with Gasteiger partial charge in [0.1, 0.15) is 0 Å². The van der Waals surface area contributed by atoms with Gasteiger partial charge in [0.05, 0.1) is 12.0 Å². The number of rotatable bonds is 3. The average molecular weight is 256 g/mol. The van der Waals surface area contributed by atoms with E-state index in [1.54, 1.807) is 0 Å². The molecule has 0 aromatic rings. The first-order chi connectivity index (χ1) is 8.44. The van der Waals surface area contributed by atoms with Gasteiger partial charge >= 0.3 is 5.97 Å². The summed E-state index contributed by atoms with van der Waals surface area (Å²) in [4.78, 5) is 11.0. The molecule has 1 atom stereocenters. The van der Waals surface area contributed by atoms with Crippen LogP contribution in [0.4, 0.5) is 0 Å². The molecule has 2 heterocycles. The van der Waals surface area contributed by atoms with Crippen LogP contribution in [0, 0.1) is 11.3 Å². The molecule has 2 aliphatic heterocycles. The van der Waals surface area contributed by atoms with E-state index < -0.39 is 5.97 Å². The molecule has 2 fully saturated rings. The molecular weight excluding hydrogens is 232 g/mol. The molecule has 0 amide bonds. The number of carboxylic acids is 1. The van der Waals surface area contributed by atoms with E-state index in [-0.39, 0.29) is 17.4 Å². The van der Waals surface area contributed by atoms with Crippen molar-refractivity contribution in [3.63, 3.8) is 0 Å². The zero-order valence-corrected chi connectivity index (χ0v) is 11.4. The quantitative estimate of drug-likeness (QED) is 0.842. The van der Waals surface area contributed by atoms with Crippen molar-refractivity contribution in [1.29, 1.82) is 0 Å². The summed E-state index contributed by atoms with van der Waals surface area (Å²) in [7, 11) is 0. The summed E-state index contributed by atoms with van der Waals surface area (Å²) in [6, 6.07) is 0. The molecule has 1 N–H and O–H groups in total. The van der Waals surface area contributed by atoms with Crippen LogP contribution in [0.3, 0.4) is 0 Å². The second-order valence-electron chi connectivity index (χ2n) is 6.39. The smallest absolute Gasteiger partial charge is 0.303 e. The Hall–Kier alpha value is -0.610. The molecule has 1 spiro atoms. The van der Waals surface area contributed by atoms with Crippen molar-refractivity contribution in [1.82, 2.24) is 0 Å². The van der Waals surface area contributed by atoms with Crippen molar-refractivity contribution >= 4 is 5.97 Å². The van der Waals surface area contributed by atoms with E-state index in [1.165, 1.54) is 0 Å². The third-order valence-electron chi connectivity index (χ3n) is 4.61. The van der Waals surface area contributed by atoms with Gasteiger partial charge in [-0.1, -0.05) is 13.8 Å². The van der Waals surface area contributed by atoms with E-state index in [4.69, 9.17) is 14.6 Å². The van der Waals surface area contributed by atoms with Crippen molar-refractivity contribution in [2.45, 2.75) is 51.6 Å². The average Bonchev–Trinajstić information content (AvgIpc) is 2.28. The van der Waals surface area contributed by atoms with E-state index in [9.17, 15) is 4.79 Å². The summed E-state index contributed by atoms with van der Waals surface area (Å²) in [6.45, 7) is 6.44. The van der Waals surface area contributed by atoms with Crippen molar-refractivity contribution in [3.05, 3.63) is 0 Å². The van der Waals surface area contributed by atoms with Gasteiger partial charge in [-0.25, -0.2) is 0 Å². The number of aliphatic carboxylic acids is 1. The molecule has 0 aliphatic carbocycles. The molecular formula is C14H24O4. The SMILES string of the molecule is CC(C)(CC(=O)O)C1CCOC2(CCOCC2)C1. The normalized spacial score (nSPS) is 28.2. The third-order valence-corrected chi connectivity index (χ3v) is 4.61. The Kier molecular flexibility index (Phi) is 3.97. The Balaban J connectivity index is 2.03. The second kappa shape index (κ2) is 5.17. The Morgan fingerprint density at radius 1 is 1.33 bits per heavy atom. The Morgan fingerprint density at radius 2 is 2.00 bits per heavy atom. The zero-order valence-electron chi connectivity index (χ0n) is 11.4. The number of hydrogen-bond acceptors (Lipinski definition) is 3. The van der Waals surface area contributed by atoms with E-state index in [1.807, 2.05) is 0 Å². The standard InChI is InChI=1S/C14H24O4/c1-13(2,10-12(15)16)11-3-6-18-14(9-11)4-7-17-8-5-14/h11H,3-10H2,1-2H3,(H,15,16). The fourth-order valence-corrected chi connectivity index (χ4v) is 3.32. The van der Waals surface area contributed by atoms with Crippen molar-refractivity contribution in [3.8, 4) is 0 Å². The van der Waals surface area contributed by atoms with Gasteiger partial charge in [0.15, 0.2) is 0 Å². The first-order valence-electron chi connectivity index (χ1n) is 6.87. The summed E-state index contributed by atoms with van der Waals surface area (Å²) in [5.74, 6) is -0.270. The minimum atomic E-state index is -0.701. The number of ether oxygens (including phenoxy) is 2. The van der Waals surface area contributed by atoms with Crippen LogP contribution in [0.25, 0.3) is 0 Å². The lowest BCUT2D eigenvalue weighted by Crippen LogP contribution is -2.47. The van der Waals surface area contributed by atoms with E-state index >= 15 is 0 Å². The highest BCUT2D eigenvalue weighted by molar-refractivity contribution is 5.67. The number of hydrogen-bond donors (Lipinski definition) is 1. The topological polar surface area (TPSA) is 55.8 Å². The molecule has 4 nitrogen and oxygen atoms in total. The molecule has 1 unspecified atom stereocenters. The Labute approximate surface area is 109 Å². The third kappa shape index (κ3) is 3.04. The lowest BCUT2D eigenvalue weighted by Gasteiger charge is -2.47. The number of carboxylic acid groups (broad SMARTS) is 1. The molecule has 2 saturated heterocycles. The van der Waals surface area contributed by atoms with Gasteiger partial charge in [-0.15, -0.1) is 0 Å². The lowest BCUT2D eigenvalue weighted by molar-refractivity contribution is -0.163. The van der Waals surface area contributed by atoms with Crippen LogP contribution in [0.1, 0.15) is 46.0 Å². The predicted octanol–water partition coefficient (Wildman–Crippen LogP) is 2.46. The molecule has 0 saturated carbocycles. The van der Waals surface area contributed by atoms with Gasteiger partial charge in [-0.3, -0.25) is 4.79 Å². The van der Waals surface area contributed by atoms with Crippen molar-refractivity contribution < 1.29 is 19.4 Å². The van der Waals surface area contributed by atoms with Gasteiger partial charge in [0.2, 0.25) is 0 Å².